The third-order valence-corrected chi connectivity index (χ3v) is 2.94. The van der Waals surface area contributed by atoms with Crippen LogP contribution in [-0.2, 0) is 4.79 Å². The van der Waals surface area contributed by atoms with Gasteiger partial charge in [0, 0.05) is 18.5 Å². The molecule has 1 fully saturated rings. The molecule has 1 saturated carbocycles. The minimum atomic E-state index is 0.167. The van der Waals surface area contributed by atoms with E-state index >= 15 is 0 Å². The maximum absolute atomic E-state index is 11.6. The van der Waals surface area contributed by atoms with Crippen LogP contribution in [-0.4, -0.2) is 18.5 Å². The van der Waals surface area contributed by atoms with Crippen molar-refractivity contribution in [2.45, 2.75) is 39.2 Å². The summed E-state index contributed by atoms with van der Waals surface area (Å²) in [7, 11) is 0. The van der Waals surface area contributed by atoms with Gasteiger partial charge in [-0.1, -0.05) is 13.3 Å². The molecule has 3 unspecified atom stereocenters. The Hall–Kier alpha value is -0.570. The van der Waals surface area contributed by atoms with Crippen LogP contribution in [0.3, 0.4) is 0 Å². The van der Waals surface area contributed by atoms with Gasteiger partial charge < -0.3 is 11.1 Å². The second kappa shape index (κ2) is 4.61. The first-order valence-corrected chi connectivity index (χ1v) is 5.22. The molecule has 3 nitrogen and oxygen atoms in total. The Balaban J connectivity index is 2.52. The van der Waals surface area contributed by atoms with Gasteiger partial charge in [-0.3, -0.25) is 4.79 Å². The number of nitrogens with one attached hydrogen (secondary N) is 1. The lowest BCUT2D eigenvalue weighted by molar-refractivity contribution is -0.126. The summed E-state index contributed by atoms with van der Waals surface area (Å²) in [6.07, 6.45) is 2.94. The first-order valence-electron chi connectivity index (χ1n) is 5.22. The van der Waals surface area contributed by atoms with Crippen molar-refractivity contribution in [3.05, 3.63) is 0 Å². The summed E-state index contributed by atoms with van der Waals surface area (Å²) < 4.78 is 0. The van der Waals surface area contributed by atoms with Gasteiger partial charge in [0.05, 0.1) is 0 Å². The van der Waals surface area contributed by atoms with E-state index in [1.54, 1.807) is 0 Å². The molecule has 1 aliphatic carbocycles. The van der Waals surface area contributed by atoms with Crippen molar-refractivity contribution in [3.8, 4) is 0 Å². The van der Waals surface area contributed by atoms with E-state index in [2.05, 4.69) is 12.2 Å². The van der Waals surface area contributed by atoms with E-state index in [-0.39, 0.29) is 17.9 Å². The normalized spacial score (nSPS) is 33.3. The quantitative estimate of drug-likeness (QED) is 0.684. The highest BCUT2D eigenvalue weighted by Gasteiger charge is 2.35. The Morgan fingerprint density at radius 2 is 2.15 bits per heavy atom. The standard InChI is InChI=1S/C10H20N2O/c1-3-7-5-8(11)6-9(7)10(13)12-4-2/h7-9H,3-6,11H2,1-2H3,(H,12,13). The molecule has 76 valence electrons. The zero-order valence-electron chi connectivity index (χ0n) is 8.55. The molecule has 0 aliphatic heterocycles. The van der Waals surface area contributed by atoms with Gasteiger partial charge in [-0.05, 0) is 25.7 Å². The van der Waals surface area contributed by atoms with Gasteiger partial charge in [0.2, 0.25) is 5.91 Å². The molecule has 0 spiro atoms. The van der Waals surface area contributed by atoms with Crippen molar-refractivity contribution in [2.24, 2.45) is 17.6 Å². The van der Waals surface area contributed by atoms with Crippen molar-refractivity contribution >= 4 is 5.91 Å². The fraction of sp³-hybridized carbons (Fsp3) is 0.900. The third-order valence-electron chi connectivity index (χ3n) is 2.94. The van der Waals surface area contributed by atoms with Crippen molar-refractivity contribution in [3.63, 3.8) is 0 Å². The van der Waals surface area contributed by atoms with Crippen LogP contribution >= 0.6 is 0 Å². The second-order valence-electron chi connectivity index (χ2n) is 3.90. The number of hydrogen-bond donors (Lipinski definition) is 2. The zero-order chi connectivity index (χ0) is 9.84. The van der Waals surface area contributed by atoms with Gasteiger partial charge >= 0.3 is 0 Å². The van der Waals surface area contributed by atoms with Gasteiger partial charge in [0.15, 0.2) is 0 Å². The first-order chi connectivity index (χ1) is 6.19. The third kappa shape index (κ3) is 2.44. The maximum Gasteiger partial charge on any atom is 0.223 e. The van der Waals surface area contributed by atoms with E-state index in [1.807, 2.05) is 6.92 Å². The van der Waals surface area contributed by atoms with Gasteiger partial charge in [0.25, 0.3) is 0 Å². The highest BCUT2D eigenvalue weighted by Crippen LogP contribution is 2.33. The van der Waals surface area contributed by atoms with Gasteiger partial charge in [0.1, 0.15) is 0 Å². The Morgan fingerprint density at radius 1 is 1.46 bits per heavy atom. The van der Waals surface area contributed by atoms with Crippen LogP contribution < -0.4 is 11.1 Å². The predicted octanol–water partition coefficient (Wildman–Crippen LogP) is 0.886. The summed E-state index contributed by atoms with van der Waals surface area (Å²) in [5.41, 5.74) is 5.85. The summed E-state index contributed by atoms with van der Waals surface area (Å²) in [6, 6.07) is 0.234. The molecule has 0 saturated heterocycles. The van der Waals surface area contributed by atoms with Crippen LogP contribution in [0, 0.1) is 11.8 Å². The van der Waals surface area contributed by atoms with Crippen molar-refractivity contribution in [2.75, 3.05) is 6.54 Å². The predicted molar refractivity (Wildman–Crippen MR) is 53.2 cm³/mol. The first kappa shape index (κ1) is 10.5. The number of nitrogens with two attached hydrogens (primary N) is 1. The van der Waals surface area contributed by atoms with E-state index in [0.29, 0.717) is 5.92 Å². The number of hydrogen-bond acceptors (Lipinski definition) is 2. The monoisotopic (exact) mass is 184 g/mol. The fourth-order valence-electron chi connectivity index (χ4n) is 2.25. The number of amides is 1. The minimum Gasteiger partial charge on any atom is -0.356 e. The average Bonchev–Trinajstić information content (AvgIpc) is 2.47. The van der Waals surface area contributed by atoms with Crippen LogP contribution in [0.25, 0.3) is 0 Å². The van der Waals surface area contributed by atoms with Crippen molar-refractivity contribution in [1.29, 1.82) is 0 Å². The summed E-state index contributed by atoms with van der Waals surface area (Å²) in [6.45, 7) is 4.81. The number of carbonyl (C=O) groups excluding carboxylic acids is 1. The van der Waals surface area contributed by atoms with Crippen LogP contribution in [0.4, 0.5) is 0 Å². The van der Waals surface area contributed by atoms with E-state index in [0.717, 1.165) is 25.8 Å². The molecule has 3 atom stereocenters. The molecule has 1 amide bonds. The molecule has 0 aromatic rings. The molecular weight excluding hydrogens is 164 g/mol. The smallest absolute Gasteiger partial charge is 0.223 e. The van der Waals surface area contributed by atoms with Crippen molar-refractivity contribution in [1.82, 2.24) is 5.32 Å². The lowest BCUT2D eigenvalue weighted by Crippen LogP contribution is -2.32. The van der Waals surface area contributed by atoms with Gasteiger partial charge in [-0.15, -0.1) is 0 Å². The molecular formula is C10H20N2O. The molecule has 0 heterocycles. The Labute approximate surface area is 80.1 Å². The molecule has 1 rings (SSSR count). The van der Waals surface area contributed by atoms with Crippen LogP contribution in [0.2, 0.25) is 0 Å². The van der Waals surface area contributed by atoms with E-state index < -0.39 is 0 Å². The molecule has 1 aliphatic rings. The summed E-state index contributed by atoms with van der Waals surface area (Å²) in [4.78, 5) is 11.6. The van der Waals surface area contributed by atoms with E-state index in [9.17, 15) is 4.79 Å². The number of carbonyl (C=O) groups is 1. The number of rotatable bonds is 3. The molecule has 13 heavy (non-hydrogen) atoms. The largest absolute Gasteiger partial charge is 0.356 e. The maximum atomic E-state index is 11.6. The molecule has 0 aromatic carbocycles. The van der Waals surface area contributed by atoms with E-state index in [1.165, 1.54) is 0 Å². The van der Waals surface area contributed by atoms with Crippen LogP contribution in [0.5, 0.6) is 0 Å². The molecule has 0 radical (unpaired) electrons. The molecule has 3 N–H and O–H groups in total. The topological polar surface area (TPSA) is 55.1 Å². The highest BCUT2D eigenvalue weighted by molar-refractivity contribution is 5.79. The summed E-state index contributed by atoms with van der Waals surface area (Å²) in [5.74, 6) is 0.865. The molecule has 0 bridgehead atoms. The summed E-state index contributed by atoms with van der Waals surface area (Å²) in [5, 5.41) is 2.88. The Bertz CT molecular complexity index is 182. The Kier molecular flexibility index (Phi) is 3.72. The van der Waals surface area contributed by atoms with Crippen molar-refractivity contribution < 1.29 is 4.79 Å². The summed E-state index contributed by atoms with van der Waals surface area (Å²) >= 11 is 0. The van der Waals surface area contributed by atoms with Gasteiger partial charge in [-0.25, -0.2) is 0 Å². The molecule has 0 aromatic heterocycles. The lowest BCUT2D eigenvalue weighted by Gasteiger charge is -2.16. The fourth-order valence-corrected chi connectivity index (χ4v) is 2.25. The minimum absolute atomic E-state index is 0.167. The van der Waals surface area contributed by atoms with E-state index in [4.69, 9.17) is 5.73 Å². The highest BCUT2D eigenvalue weighted by atomic mass is 16.1. The lowest BCUT2D eigenvalue weighted by atomic mass is 9.93. The molecule has 3 heteroatoms. The second-order valence-corrected chi connectivity index (χ2v) is 3.90. The Morgan fingerprint density at radius 3 is 2.69 bits per heavy atom. The van der Waals surface area contributed by atoms with Gasteiger partial charge in [-0.2, -0.15) is 0 Å². The SMILES string of the molecule is CCNC(=O)C1CC(N)CC1CC. The van der Waals surface area contributed by atoms with Crippen LogP contribution in [0.15, 0.2) is 0 Å². The van der Waals surface area contributed by atoms with Crippen LogP contribution in [0.1, 0.15) is 33.1 Å². The zero-order valence-corrected chi connectivity index (χ0v) is 8.55. The average molecular weight is 184 g/mol.